The molecule has 3 aromatic heterocycles. The number of furan rings is 1. The Bertz CT molecular complexity index is 1290. The van der Waals surface area contributed by atoms with E-state index in [1.54, 1.807) is 6.07 Å². The molecule has 5 rings (SSSR count). The molecule has 1 fully saturated rings. The first-order valence-electron chi connectivity index (χ1n) is 12.2. The number of pyridine rings is 1. The van der Waals surface area contributed by atoms with Crippen molar-refractivity contribution in [2.45, 2.75) is 38.1 Å². The number of nitrogens with zero attached hydrogens (tertiary/aromatic N) is 3. The zero-order valence-electron chi connectivity index (χ0n) is 20.0. The molecule has 2 N–H and O–H groups in total. The Kier molecular flexibility index (Phi) is 7.04. The Hall–Kier alpha value is -3.71. The fourth-order valence-electron chi connectivity index (χ4n) is 4.87. The smallest absolute Gasteiger partial charge is 0.252 e. The zero-order chi connectivity index (χ0) is 24.0. The quantitative estimate of drug-likeness (QED) is 0.351. The fourth-order valence-corrected chi connectivity index (χ4v) is 4.87. The lowest BCUT2D eigenvalue weighted by atomic mass is 9.90. The second kappa shape index (κ2) is 10.7. The van der Waals surface area contributed by atoms with Crippen LogP contribution >= 0.6 is 0 Å². The lowest BCUT2D eigenvalue weighted by Crippen LogP contribution is -2.21. The van der Waals surface area contributed by atoms with E-state index in [1.807, 2.05) is 43.5 Å². The number of nitrogens with one attached hydrogen (secondary N) is 2. The molecule has 180 valence electrons. The highest BCUT2D eigenvalue weighted by Gasteiger charge is 2.38. The van der Waals surface area contributed by atoms with Gasteiger partial charge in [0.1, 0.15) is 11.5 Å². The number of aryl methyl sites for hydroxylation is 2. The van der Waals surface area contributed by atoms with Gasteiger partial charge < -0.3 is 9.73 Å². The van der Waals surface area contributed by atoms with Gasteiger partial charge in [0.15, 0.2) is 0 Å². The summed E-state index contributed by atoms with van der Waals surface area (Å²) in [6.07, 6.45) is 3.58. The Balaban J connectivity index is 1.31. The van der Waals surface area contributed by atoms with Crippen LogP contribution < -0.4 is 10.9 Å². The topological polar surface area (TPSA) is 87.0 Å². The maximum Gasteiger partial charge on any atom is 0.252 e. The predicted octanol–water partition coefficient (Wildman–Crippen LogP) is 4.49. The number of benzene rings is 1. The van der Waals surface area contributed by atoms with Crippen LogP contribution in [0.5, 0.6) is 0 Å². The second-order valence-corrected chi connectivity index (χ2v) is 9.21. The molecule has 0 amide bonds. The summed E-state index contributed by atoms with van der Waals surface area (Å²) >= 11 is 0. The summed E-state index contributed by atoms with van der Waals surface area (Å²) in [6.45, 7) is 5.19. The minimum atomic E-state index is -0.141. The van der Waals surface area contributed by atoms with Gasteiger partial charge in [0, 0.05) is 56.0 Å². The van der Waals surface area contributed by atoms with Gasteiger partial charge in [0.2, 0.25) is 5.95 Å². The lowest BCUT2D eigenvalue weighted by Gasteiger charge is -2.17. The summed E-state index contributed by atoms with van der Waals surface area (Å²) in [7, 11) is 0. The number of aromatic amines is 1. The van der Waals surface area contributed by atoms with Crippen molar-refractivity contribution in [2.24, 2.45) is 0 Å². The third-order valence-electron chi connectivity index (χ3n) is 6.54. The molecule has 1 saturated heterocycles. The van der Waals surface area contributed by atoms with Gasteiger partial charge in [-0.05, 0) is 49.6 Å². The summed E-state index contributed by atoms with van der Waals surface area (Å²) in [5.74, 6) is 2.58. The van der Waals surface area contributed by atoms with Crippen LogP contribution in [-0.4, -0.2) is 39.5 Å². The van der Waals surface area contributed by atoms with E-state index in [9.17, 15) is 4.79 Å². The van der Waals surface area contributed by atoms with Crippen LogP contribution in [0.25, 0.3) is 0 Å². The summed E-state index contributed by atoms with van der Waals surface area (Å²) < 4.78 is 6.04. The monoisotopic (exact) mass is 469 g/mol. The van der Waals surface area contributed by atoms with Crippen molar-refractivity contribution in [1.29, 1.82) is 0 Å². The van der Waals surface area contributed by atoms with Crippen LogP contribution in [0.15, 0.2) is 82.1 Å². The molecule has 1 aromatic carbocycles. The summed E-state index contributed by atoms with van der Waals surface area (Å²) in [5, 5.41) is 3.30. The molecule has 0 unspecified atom stereocenters. The van der Waals surface area contributed by atoms with E-state index < -0.39 is 0 Å². The predicted molar refractivity (Wildman–Crippen MR) is 137 cm³/mol. The van der Waals surface area contributed by atoms with E-state index >= 15 is 0 Å². The van der Waals surface area contributed by atoms with Crippen molar-refractivity contribution >= 4 is 5.95 Å². The normalized spacial score (nSPS) is 18.1. The molecule has 4 heterocycles. The molecule has 0 spiro atoms. The molecular formula is C28H31N5O2. The number of aromatic nitrogens is 3. The molecule has 2 atom stereocenters. The number of hydrogen-bond acceptors (Lipinski definition) is 6. The molecule has 1 aliphatic heterocycles. The number of hydrogen-bond donors (Lipinski definition) is 2. The third kappa shape index (κ3) is 5.87. The van der Waals surface area contributed by atoms with E-state index in [4.69, 9.17) is 9.40 Å². The molecule has 35 heavy (non-hydrogen) atoms. The average molecular weight is 470 g/mol. The van der Waals surface area contributed by atoms with Crippen LogP contribution in [0.3, 0.4) is 0 Å². The Morgan fingerprint density at radius 2 is 1.89 bits per heavy atom. The fraction of sp³-hybridized carbons (Fsp3) is 0.321. The standard InChI is InChI=1S/C28H31N5O2/c1-20-12-13-26(35-20)24-19-33(17-21-8-3-2-4-9-21)18-23(24)25-16-27(34)32-28(31-25)30-15-7-11-22-10-5-6-14-29-22/h2-6,8-10,12-14,16,23-24H,7,11,15,17-19H2,1H3,(H2,30,31,32,34)/t23-,24-/m0/s1. The van der Waals surface area contributed by atoms with Crippen LogP contribution in [0.2, 0.25) is 0 Å². The van der Waals surface area contributed by atoms with Gasteiger partial charge in [-0.1, -0.05) is 36.4 Å². The Labute approximate surface area is 205 Å². The third-order valence-corrected chi connectivity index (χ3v) is 6.54. The molecule has 4 aromatic rings. The molecule has 0 saturated carbocycles. The highest BCUT2D eigenvalue weighted by molar-refractivity contribution is 5.30. The SMILES string of the molecule is Cc1ccc([C@H]2CN(Cc3ccccc3)C[C@@H]2c2cc(=O)[nH]c(NCCCc3ccccn3)n2)o1. The maximum absolute atomic E-state index is 12.6. The van der Waals surface area contributed by atoms with Gasteiger partial charge in [0.25, 0.3) is 5.56 Å². The molecule has 7 heteroatoms. The molecular weight excluding hydrogens is 438 g/mol. The van der Waals surface area contributed by atoms with Gasteiger partial charge in [-0.25, -0.2) is 4.98 Å². The van der Waals surface area contributed by atoms with Gasteiger partial charge in [-0.3, -0.25) is 19.7 Å². The van der Waals surface area contributed by atoms with E-state index in [0.717, 1.165) is 55.4 Å². The van der Waals surface area contributed by atoms with Crippen LogP contribution in [-0.2, 0) is 13.0 Å². The van der Waals surface area contributed by atoms with E-state index in [2.05, 4.69) is 50.5 Å². The summed E-state index contributed by atoms with van der Waals surface area (Å²) in [5.41, 5.74) is 3.00. The van der Waals surface area contributed by atoms with Crippen molar-refractivity contribution in [3.05, 3.63) is 112 Å². The molecule has 7 nitrogen and oxygen atoms in total. The summed E-state index contributed by atoms with van der Waals surface area (Å²) in [6, 6.07) is 22.1. The first-order valence-corrected chi connectivity index (χ1v) is 12.2. The minimum absolute atomic E-state index is 0.0700. The molecule has 0 aliphatic carbocycles. The highest BCUT2D eigenvalue weighted by Crippen LogP contribution is 2.40. The van der Waals surface area contributed by atoms with E-state index in [0.29, 0.717) is 12.5 Å². The van der Waals surface area contributed by atoms with E-state index in [1.165, 1.54) is 5.56 Å². The van der Waals surface area contributed by atoms with Crippen molar-refractivity contribution in [3.63, 3.8) is 0 Å². The molecule has 0 radical (unpaired) electrons. The average Bonchev–Trinajstić information content (AvgIpc) is 3.49. The van der Waals surface area contributed by atoms with Crippen molar-refractivity contribution in [2.75, 3.05) is 25.0 Å². The van der Waals surface area contributed by atoms with Gasteiger partial charge in [-0.2, -0.15) is 0 Å². The van der Waals surface area contributed by atoms with Crippen molar-refractivity contribution in [1.82, 2.24) is 19.9 Å². The van der Waals surface area contributed by atoms with Crippen LogP contribution in [0, 0.1) is 6.92 Å². The largest absolute Gasteiger partial charge is 0.466 e. The molecule has 0 bridgehead atoms. The highest BCUT2D eigenvalue weighted by atomic mass is 16.3. The number of likely N-dealkylation sites (tertiary alicyclic amines) is 1. The van der Waals surface area contributed by atoms with Crippen molar-refractivity contribution in [3.8, 4) is 0 Å². The van der Waals surface area contributed by atoms with Crippen LogP contribution in [0.1, 0.15) is 46.7 Å². The first-order chi connectivity index (χ1) is 17.1. The Morgan fingerprint density at radius 1 is 1.06 bits per heavy atom. The lowest BCUT2D eigenvalue weighted by molar-refractivity contribution is 0.319. The molecule has 1 aliphatic rings. The maximum atomic E-state index is 12.6. The zero-order valence-corrected chi connectivity index (χ0v) is 20.0. The van der Waals surface area contributed by atoms with Crippen LogP contribution in [0.4, 0.5) is 5.95 Å². The number of rotatable bonds is 9. The minimum Gasteiger partial charge on any atom is -0.466 e. The van der Waals surface area contributed by atoms with Crippen molar-refractivity contribution < 1.29 is 4.42 Å². The van der Waals surface area contributed by atoms with E-state index in [-0.39, 0.29) is 17.4 Å². The van der Waals surface area contributed by atoms with Gasteiger partial charge in [-0.15, -0.1) is 0 Å². The first kappa shape index (κ1) is 23.1. The van der Waals surface area contributed by atoms with Gasteiger partial charge >= 0.3 is 0 Å². The summed E-state index contributed by atoms with van der Waals surface area (Å²) in [4.78, 5) is 27.0. The number of H-pyrrole nitrogens is 1. The second-order valence-electron chi connectivity index (χ2n) is 9.21. The number of anilines is 1. The van der Waals surface area contributed by atoms with Gasteiger partial charge in [0.05, 0.1) is 5.69 Å². The Morgan fingerprint density at radius 3 is 2.66 bits per heavy atom.